The molecule has 0 radical (unpaired) electrons. The summed E-state index contributed by atoms with van der Waals surface area (Å²) in [6, 6.07) is 0. The van der Waals surface area contributed by atoms with Crippen LogP contribution in [0.3, 0.4) is 0 Å². The number of carbonyl (C=O) groups is 2. The second-order valence-electron chi connectivity index (χ2n) is 2.81. The molecule has 0 bridgehead atoms. The Morgan fingerprint density at radius 1 is 1.33 bits per heavy atom. The van der Waals surface area contributed by atoms with Crippen LogP contribution < -0.4 is 0 Å². The zero-order chi connectivity index (χ0) is 9.35. The molecule has 0 aliphatic heterocycles. The largest absolute Gasteiger partial charge is 0.394 e. The van der Waals surface area contributed by atoms with Crippen LogP contribution in [0.15, 0.2) is 0 Å². The smallest absolute Gasteiger partial charge is 0.209 e. The normalized spacial score (nSPS) is 24.6. The fraction of sp³-hybridized carbons (Fsp3) is 0.714. The second kappa shape index (κ2) is 2.93. The minimum Gasteiger partial charge on any atom is -0.394 e. The zero-order valence-electron chi connectivity index (χ0n) is 6.36. The van der Waals surface area contributed by atoms with Crippen LogP contribution in [-0.2, 0) is 9.59 Å². The maximum Gasteiger partial charge on any atom is 0.209 e. The summed E-state index contributed by atoms with van der Waals surface area (Å²) in [5, 5.41) is 26.9. The molecule has 5 heteroatoms. The summed E-state index contributed by atoms with van der Waals surface area (Å²) in [4.78, 5) is 21.9. The number of carbonyl (C=O) groups excluding carboxylic acids is 2. The van der Waals surface area contributed by atoms with Gasteiger partial charge in [0.25, 0.3) is 0 Å². The number of aliphatic hydroxyl groups excluding tert-OH is 2. The van der Waals surface area contributed by atoms with E-state index in [-0.39, 0.29) is 12.8 Å². The number of ketones is 2. The highest BCUT2D eigenvalue weighted by Crippen LogP contribution is 2.25. The highest BCUT2D eigenvalue weighted by Gasteiger charge is 2.52. The molecule has 0 spiro atoms. The predicted molar refractivity (Wildman–Crippen MR) is 37.3 cm³/mol. The van der Waals surface area contributed by atoms with E-state index in [1.165, 1.54) is 0 Å². The number of Topliss-reactive ketones (excluding diaryl/α,β-unsaturated/α-hetero) is 2. The topological polar surface area (TPSA) is 94.8 Å². The van der Waals surface area contributed by atoms with Gasteiger partial charge in [-0.3, -0.25) is 9.59 Å². The van der Waals surface area contributed by atoms with E-state index in [4.69, 9.17) is 10.2 Å². The molecule has 1 aliphatic carbocycles. The molecule has 0 saturated heterocycles. The van der Waals surface area contributed by atoms with Crippen molar-refractivity contribution in [3.8, 4) is 0 Å². The molecule has 0 heterocycles. The van der Waals surface area contributed by atoms with E-state index in [1.54, 1.807) is 0 Å². The monoisotopic (exact) mass is 174 g/mol. The van der Waals surface area contributed by atoms with Gasteiger partial charge in [0.05, 0.1) is 6.61 Å². The van der Waals surface area contributed by atoms with Crippen molar-refractivity contribution < 1.29 is 24.9 Å². The maximum absolute atomic E-state index is 11.0. The van der Waals surface area contributed by atoms with E-state index in [2.05, 4.69) is 0 Å². The van der Waals surface area contributed by atoms with E-state index < -0.39 is 29.9 Å². The van der Waals surface area contributed by atoms with Gasteiger partial charge < -0.3 is 15.3 Å². The zero-order valence-corrected chi connectivity index (χ0v) is 6.36. The first kappa shape index (κ1) is 9.31. The molecule has 3 N–H and O–H groups in total. The standard InChI is InChI=1S/C7H10O5/c8-3-6(11)7(12)4(9)1-2-5(7)10/h6,8,11-12H,1-3H2. The molecule has 0 aromatic rings. The molecule has 1 aliphatic rings. The molecule has 0 aromatic heterocycles. The summed E-state index contributed by atoms with van der Waals surface area (Å²) in [6.07, 6.45) is -1.82. The summed E-state index contributed by atoms with van der Waals surface area (Å²) in [7, 11) is 0. The summed E-state index contributed by atoms with van der Waals surface area (Å²) < 4.78 is 0. The molecule has 1 atom stereocenters. The third-order valence-electron chi connectivity index (χ3n) is 2.08. The number of hydrogen-bond acceptors (Lipinski definition) is 5. The van der Waals surface area contributed by atoms with Crippen molar-refractivity contribution in [2.75, 3.05) is 6.61 Å². The van der Waals surface area contributed by atoms with Gasteiger partial charge in [0.2, 0.25) is 5.60 Å². The van der Waals surface area contributed by atoms with E-state index in [9.17, 15) is 14.7 Å². The Hall–Kier alpha value is -0.780. The Morgan fingerprint density at radius 2 is 1.75 bits per heavy atom. The lowest BCUT2D eigenvalue weighted by Crippen LogP contribution is -2.53. The van der Waals surface area contributed by atoms with Gasteiger partial charge in [-0.25, -0.2) is 0 Å². The molecule has 0 aromatic carbocycles. The fourth-order valence-corrected chi connectivity index (χ4v) is 1.27. The van der Waals surface area contributed by atoms with Crippen LogP contribution in [0.2, 0.25) is 0 Å². The minimum absolute atomic E-state index is 0.0631. The highest BCUT2D eigenvalue weighted by atomic mass is 16.4. The van der Waals surface area contributed by atoms with Crippen LogP contribution in [0.4, 0.5) is 0 Å². The average Bonchev–Trinajstić information content (AvgIpc) is 2.32. The van der Waals surface area contributed by atoms with Crippen molar-refractivity contribution in [3.63, 3.8) is 0 Å². The van der Waals surface area contributed by atoms with Crippen LogP contribution in [-0.4, -0.2) is 45.2 Å². The molecule has 0 amide bonds. The molecular formula is C7H10O5. The lowest BCUT2D eigenvalue weighted by atomic mass is 9.93. The maximum atomic E-state index is 11.0. The lowest BCUT2D eigenvalue weighted by molar-refractivity contribution is -0.159. The Labute approximate surface area is 68.6 Å². The molecule has 1 rings (SSSR count). The van der Waals surface area contributed by atoms with Crippen molar-refractivity contribution >= 4 is 11.6 Å². The number of hydrogen-bond donors (Lipinski definition) is 3. The molecular weight excluding hydrogens is 164 g/mol. The third kappa shape index (κ3) is 1.06. The average molecular weight is 174 g/mol. The van der Waals surface area contributed by atoms with Gasteiger partial charge in [-0.05, 0) is 0 Å². The molecule has 68 valence electrons. The van der Waals surface area contributed by atoms with Crippen molar-refractivity contribution in [1.29, 1.82) is 0 Å². The Bertz CT molecular complexity index is 206. The molecule has 1 saturated carbocycles. The summed E-state index contributed by atoms with van der Waals surface area (Å²) in [5.41, 5.74) is -2.35. The second-order valence-corrected chi connectivity index (χ2v) is 2.81. The first-order chi connectivity index (χ1) is 5.53. The summed E-state index contributed by atoms with van der Waals surface area (Å²) in [6.45, 7) is -0.798. The van der Waals surface area contributed by atoms with Gasteiger partial charge in [-0.15, -0.1) is 0 Å². The Morgan fingerprint density at radius 3 is 2.08 bits per heavy atom. The third-order valence-corrected chi connectivity index (χ3v) is 2.08. The van der Waals surface area contributed by atoms with E-state index in [0.717, 1.165) is 0 Å². The molecule has 1 unspecified atom stereocenters. The van der Waals surface area contributed by atoms with Crippen molar-refractivity contribution in [2.45, 2.75) is 24.5 Å². The van der Waals surface area contributed by atoms with Crippen LogP contribution >= 0.6 is 0 Å². The van der Waals surface area contributed by atoms with E-state index in [1.807, 2.05) is 0 Å². The minimum atomic E-state index is -2.35. The van der Waals surface area contributed by atoms with Crippen molar-refractivity contribution in [3.05, 3.63) is 0 Å². The van der Waals surface area contributed by atoms with Crippen molar-refractivity contribution in [2.24, 2.45) is 0 Å². The molecule has 12 heavy (non-hydrogen) atoms. The Balaban J connectivity index is 2.94. The summed E-state index contributed by atoms with van der Waals surface area (Å²) in [5.74, 6) is -1.43. The van der Waals surface area contributed by atoms with Gasteiger partial charge in [0.1, 0.15) is 6.10 Å². The highest BCUT2D eigenvalue weighted by molar-refractivity contribution is 6.16. The van der Waals surface area contributed by atoms with Crippen LogP contribution in [0.25, 0.3) is 0 Å². The lowest BCUT2D eigenvalue weighted by Gasteiger charge is -2.23. The molecule has 1 fully saturated rings. The SMILES string of the molecule is O=C1CCC(=O)C1(O)C(O)CO. The summed E-state index contributed by atoms with van der Waals surface area (Å²) >= 11 is 0. The fourth-order valence-electron chi connectivity index (χ4n) is 1.27. The Kier molecular flexibility index (Phi) is 2.27. The van der Waals surface area contributed by atoms with Gasteiger partial charge in [0, 0.05) is 12.8 Å². The van der Waals surface area contributed by atoms with Gasteiger partial charge in [0.15, 0.2) is 11.6 Å². The van der Waals surface area contributed by atoms with Gasteiger partial charge >= 0.3 is 0 Å². The van der Waals surface area contributed by atoms with E-state index in [0.29, 0.717) is 0 Å². The van der Waals surface area contributed by atoms with Crippen LogP contribution in [0.5, 0.6) is 0 Å². The number of rotatable bonds is 2. The predicted octanol–water partition coefficient (Wildman–Crippen LogP) is -2.00. The number of aliphatic hydroxyl groups is 3. The first-order valence-electron chi connectivity index (χ1n) is 3.61. The van der Waals surface area contributed by atoms with Crippen LogP contribution in [0, 0.1) is 0 Å². The quantitative estimate of drug-likeness (QED) is 0.421. The van der Waals surface area contributed by atoms with Crippen molar-refractivity contribution in [1.82, 2.24) is 0 Å². The van der Waals surface area contributed by atoms with Crippen LogP contribution in [0.1, 0.15) is 12.8 Å². The van der Waals surface area contributed by atoms with E-state index >= 15 is 0 Å². The van der Waals surface area contributed by atoms with Gasteiger partial charge in [-0.2, -0.15) is 0 Å². The molecule has 5 nitrogen and oxygen atoms in total. The van der Waals surface area contributed by atoms with Gasteiger partial charge in [-0.1, -0.05) is 0 Å². The first-order valence-corrected chi connectivity index (χ1v) is 3.61.